The number of hydrogen-bond acceptors (Lipinski definition) is 4. The minimum atomic E-state index is -3.71. The van der Waals surface area contributed by atoms with Gasteiger partial charge in [0.1, 0.15) is 0 Å². The van der Waals surface area contributed by atoms with Crippen LogP contribution < -0.4 is 10.2 Å². The molecule has 2 unspecified atom stereocenters. The Balaban J connectivity index is 1.50. The van der Waals surface area contributed by atoms with Crippen molar-refractivity contribution in [3.05, 3.63) is 22.2 Å². The van der Waals surface area contributed by atoms with E-state index in [-0.39, 0.29) is 40.8 Å². The Bertz CT molecular complexity index is 958. The van der Waals surface area contributed by atoms with Gasteiger partial charge in [-0.15, -0.1) is 0 Å². The van der Waals surface area contributed by atoms with E-state index in [1.54, 1.807) is 11.0 Å². The maximum atomic E-state index is 13.2. The van der Waals surface area contributed by atoms with Crippen LogP contribution in [0.2, 0.25) is 0 Å². The summed E-state index contributed by atoms with van der Waals surface area (Å²) in [6.45, 7) is 2.65. The van der Waals surface area contributed by atoms with Gasteiger partial charge in [0.15, 0.2) is 9.84 Å². The van der Waals surface area contributed by atoms with Gasteiger partial charge in [-0.3, -0.25) is 9.59 Å². The van der Waals surface area contributed by atoms with Crippen LogP contribution in [-0.2, 0) is 25.8 Å². The highest BCUT2D eigenvalue weighted by Gasteiger charge is 2.39. The van der Waals surface area contributed by atoms with Gasteiger partial charge >= 0.3 is 0 Å². The van der Waals surface area contributed by atoms with Crippen LogP contribution >= 0.6 is 15.9 Å². The highest BCUT2D eigenvalue weighted by molar-refractivity contribution is 9.10. The molecule has 3 aliphatic rings. The number of carbonyl (C=O) groups is 2. The van der Waals surface area contributed by atoms with Gasteiger partial charge in [-0.1, -0.05) is 35.7 Å². The molecule has 2 fully saturated rings. The van der Waals surface area contributed by atoms with Crippen LogP contribution in [-0.4, -0.2) is 38.6 Å². The van der Waals surface area contributed by atoms with Crippen molar-refractivity contribution < 1.29 is 18.0 Å². The first kappa shape index (κ1) is 21.8. The quantitative estimate of drug-likeness (QED) is 0.651. The summed E-state index contributed by atoms with van der Waals surface area (Å²) in [6, 6.07) is 3.61. The molecule has 1 aromatic carbocycles. The zero-order valence-electron chi connectivity index (χ0n) is 17.3. The molecule has 2 aliphatic carbocycles. The van der Waals surface area contributed by atoms with Crippen LogP contribution in [0.15, 0.2) is 21.5 Å². The van der Waals surface area contributed by atoms with E-state index >= 15 is 0 Å². The molecule has 4 rings (SSSR count). The molecule has 2 saturated carbocycles. The van der Waals surface area contributed by atoms with Crippen molar-refractivity contribution in [3.8, 4) is 0 Å². The van der Waals surface area contributed by atoms with E-state index in [9.17, 15) is 18.0 Å². The lowest BCUT2D eigenvalue weighted by Crippen LogP contribution is -2.41. The molecule has 164 valence electrons. The Morgan fingerprint density at radius 3 is 2.60 bits per heavy atom. The maximum Gasteiger partial charge on any atom is 0.230 e. The van der Waals surface area contributed by atoms with Gasteiger partial charge in [-0.2, -0.15) is 0 Å². The second kappa shape index (κ2) is 8.61. The Morgan fingerprint density at radius 1 is 1.17 bits per heavy atom. The van der Waals surface area contributed by atoms with Crippen LogP contribution in [0, 0.1) is 11.8 Å². The number of halogens is 1. The number of amides is 2. The lowest BCUT2D eigenvalue weighted by Gasteiger charge is -2.29. The van der Waals surface area contributed by atoms with E-state index in [1.807, 2.05) is 6.07 Å². The SMILES string of the molecule is CC1CCCCC1NC(=O)CCS(=O)(=O)c1cc(Br)cc2c1N(C(=O)C1CC1)CC2. The Kier molecular flexibility index (Phi) is 6.26. The molecule has 2 amide bonds. The average molecular weight is 497 g/mol. The monoisotopic (exact) mass is 496 g/mol. The maximum absolute atomic E-state index is 13.2. The Hall–Kier alpha value is -1.41. The summed E-state index contributed by atoms with van der Waals surface area (Å²) in [7, 11) is -3.71. The minimum Gasteiger partial charge on any atom is -0.353 e. The molecule has 6 nitrogen and oxygen atoms in total. The molecular weight excluding hydrogens is 468 g/mol. The number of nitrogens with one attached hydrogen (secondary N) is 1. The number of rotatable bonds is 6. The minimum absolute atomic E-state index is 0.0246. The summed E-state index contributed by atoms with van der Waals surface area (Å²) in [5, 5.41) is 3.03. The third-order valence-electron chi connectivity index (χ3n) is 6.58. The number of carbonyl (C=O) groups excluding carboxylic acids is 2. The first-order valence-electron chi connectivity index (χ1n) is 10.9. The standard InChI is InChI=1S/C22H29BrN2O4S/c1-14-4-2-3-5-18(14)24-20(26)9-11-30(28,29)19-13-17(23)12-16-8-10-25(21(16)19)22(27)15-6-7-15/h12-15,18H,2-11H2,1H3,(H,24,26). The highest BCUT2D eigenvalue weighted by Crippen LogP contribution is 2.41. The highest BCUT2D eigenvalue weighted by atomic mass is 79.9. The molecule has 1 aromatic rings. The van der Waals surface area contributed by atoms with Gasteiger partial charge in [0.05, 0.1) is 16.3 Å². The molecule has 0 spiro atoms. The fourth-order valence-corrected chi connectivity index (χ4v) is 6.80. The molecule has 0 saturated heterocycles. The second-order valence-corrected chi connectivity index (χ2v) is 11.9. The number of fused-ring (bicyclic) bond motifs is 1. The van der Waals surface area contributed by atoms with Crippen LogP contribution in [0.3, 0.4) is 0 Å². The molecule has 1 heterocycles. The zero-order valence-corrected chi connectivity index (χ0v) is 19.7. The summed E-state index contributed by atoms with van der Waals surface area (Å²) >= 11 is 3.41. The summed E-state index contributed by atoms with van der Waals surface area (Å²) in [5.74, 6) is 0.00775. The molecule has 1 N–H and O–H groups in total. The van der Waals surface area contributed by atoms with Gasteiger partial charge in [-0.05, 0) is 55.7 Å². The van der Waals surface area contributed by atoms with Crippen LogP contribution in [0.25, 0.3) is 0 Å². The van der Waals surface area contributed by atoms with E-state index < -0.39 is 9.84 Å². The molecule has 0 aromatic heterocycles. The van der Waals surface area contributed by atoms with Crippen molar-refractivity contribution in [1.29, 1.82) is 0 Å². The number of sulfone groups is 1. The summed E-state index contributed by atoms with van der Waals surface area (Å²) in [4.78, 5) is 27.0. The first-order valence-corrected chi connectivity index (χ1v) is 13.4. The summed E-state index contributed by atoms with van der Waals surface area (Å²) in [5.41, 5.74) is 1.40. The summed E-state index contributed by atoms with van der Waals surface area (Å²) < 4.78 is 27.1. The predicted octanol–water partition coefficient (Wildman–Crippen LogP) is 3.61. The molecule has 0 bridgehead atoms. The molecular formula is C22H29BrN2O4S. The number of anilines is 1. The van der Waals surface area contributed by atoms with E-state index in [2.05, 4.69) is 28.2 Å². The van der Waals surface area contributed by atoms with E-state index in [4.69, 9.17) is 0 Å². The molecule has 0 radical (unpaired) electrons. The van der Waals surface area contributed by atoms with Gasteiger partial charge in [0.25, 0.3) is 0 Å². The summed E-state index contributed by atoms with van der Waals surface area (Å²) in [6.07, 6.45) is 6.68. The Labute approximate surface area is 186 Å². The van der Waals surface area contributed by atoms with Crippen molar-refractivity contribution in [2.75, 3.05) is 17.2 Å². The molecule has 8 heteroatoms. The predicted molar refractivity (Wildman–Crippen MR) is 119 cm³/mol. The van der Waals surface area contributed by atoms with Crippen LogP contribution in [0.1, 0.15) is 57.4 Å². The van der Waals surface area contributed by atoms with Gasteiger partial charge in [-0.25, -0.2) is 8.42 Å². The Morgan fingerprint density at radius 2 is 1.90 bits per heavy atom. The average Bonchev–Trinajstić information content (AvgIpc) is 3.47. The zero-order chi connectivity index (χ0) is 21.5. The third-order valence-corrected chi connectivity index (χ3v) is 8.76. The number of hydrogen-bond donors (Lipinski definition) is 1. The lowest BCUT2D eigenvalue weighted by atomic mass is 9.86. The van der Waals surface area contributed by atoms with Crippen molar-refractivity contribution in [1.82, 2.24) is 5.32 Å². The smallest absolute Gasteiger partial charge is 0.230 e. The fraction of sp³-hybridized carbons (Fsp3) is 0.636. The van der Waals surface area contributed by atoms with Crippen LogP contribution in [0.5, 0.6) is 0 Å². The van der Waals surface area contributed by atoms with Crippen LogP contribution in [0.4, 0.5) is 5.69 Å². The fourth-order valence-electron chi connectivity index (χ4n) is 4.62. The van der Waals surface area contributed by atoms with Crippen molar-refractivity contribution >= 4 is 43.3 Å². The molecule has 2 atom stereocenters. The molecule has 30 heavy (non-hydrogen) atoms. The third kappa shape index (κ3) is 4.59. The normalized spacial score (nSPS) is 23.9. The van der Waals surface area contributed by atoms with Gasteiger partial charge in [0, 0.05) is 29.4 Å². The van der Waals surface area contributed by atoms with E-state index in [1.165, 1.54) is 6.42 Å². The topological polar surface area (TPSA) is 83.6 Å². The van der Waals surface area contributed by atoms with Gasteiger partial charge < -0.3 is 10.2 Å². The van der Waals surface area contributed by atoms with Gasteiger partial charge in [0.2, 0.25) is 11.8 Å². The van der Waals surface area contributed by atoms with Crippen molar-refractivity contribution in [2.45, 2.75) is 69.2 Å². The largest absolute Gasteiger partial charge is 0.353 e. The lowest BCUT2D eigenvalue weighted by molar-refractivity contribution is -0.122. The number of benzene rings is 1. The first-order chi connectivity index (χ1) is 14.3. The van der Waals surface area contributed by atoms with Crippen molar-refractivity contribution in [2.24, 2.45) is 11.8 Å². The van der Waals surface area contributed by atoms with E-state index in [0.717, 1.165) is 37.7 Å². The second-order valence-electron chi connectivity index (χ2n) is 8.93. The molecule has 1 aliphatic heterocycles. The number of nitrogens with zero attached hydrogens (tertiary/aromatic N) is 1. The van der Waals surface area contributed by atoms with Crippen molar-refractivity contribution in [3.63, 3.8) is 0 Å². The van der Waals surface area contributed by atoms with E-state index in [0.29, 0.717) is 29.0 Å².